The molecule has 0 spiro atoms. The maximum absolute atomic E-state index is 5.97. The highest BCUT2D eigenvalue weighted by atomic mass is 79.9. The monoisotopic (exact) mass is 330 g/mol. The van der Waals surface area contributed by atoms with Crippen molar-refractivity contribution in [3.05, 3.63) is 28.2 Å². The lowest BCUT2D eigenvalue weighted by molar-refractivity contribution is 0.00297. The molecule has 4 heteroatoms. The van der Waals surface area contributed by atoms with Crippen LogP contribution in [-0.2, 0) is 4.74 Å². The van der Waals surface area contributed by atoms with Crippen molar-refractivity contribution < 1.29 is 9.47 Å². The third kappa shape index (κ3) is 3.43. The molecule has 1 aliphatic rings. The molecule has 0 radical (unpaired) electrons. The lowest BCUT2D eigenvalue weighted by atomic mass is 9.83. The Labute approximate surface area is 123 Å². The summed E-state index contributed by atoms with van der Waals surface area (Å²) < 4.78 is 12.4. The Kier molecular flexibility index (Phi) is 4.98. The van der Waals surface area contributed by atoms with Gasteiger partial charge in [-0.15, -0.1) is 0 Å². The predicted octanol–water partition coefficient (Wildman–Crippen LogP) is 3.86. The summed E-state index contributed by atoms with van der Waals surface area (Å²) in [4.78, 5) is 0. The third-order valence-electron chi connectivity index (χ3n) is 3.51. The van der Waals surface area contributed by atoms with E-state index in [1.807, 2.05) is 6.07 Å². The molecule has 2 nitrogen and oxygen atoms in total. The van der Waals surface area contributed by atoms with Crippen molar-refractivity contribution in [3.63, 3.8) is 0 Å². The lowest BCUT2D eigenvalue weighted by Crippen LogP contribution is -2.36. The fraction of sp³-hybridized carbons (Fsp3) is 0.571. The first kappa shape index (κ1) is 14.2. The molecule has 0 aliphatic carbocycles. The molecule has 1 aromatic rings. The lowest BCUT2D eigenvalue weighted by Gasteiger charge is -2.35. The number of hydrogen-bond donors (Lipinski definition) is 1. The van der Waals surface area contributed by atoms with Crippen LogP contribution in [0, 0.1) is 12.3 Å². The summed E-state index contributed by atoms with van der Waals surface area (Å²) in [6, 6.07) is 6.16. The Hall–Kier alpha value is -0.190. The Bertz CT molecular complexity index is 403. The zero-order valence-electron chi connectivity index (χ0n) is 10.6. The Morgan fingerprint density at radius 1 is 1.39 bits per heavy atom. The maximum Gasteiger partial charge on any atom is 0.133 e. The largest absolute Gasteiger partial charge is 0.492 e. The number of benzene rings is 1. The van der Waals surface area contributed by atoms with Crippen LogP contribution >= 0.6 is 28.6 Å². The molecular formula is C14H19BrO2S. The third-order valence-corrected chi connectivity index (χ3v) is 4.80. The van der Waals surface area contributed by atoms with Gasteiger partial charge in [0, 0.05) is 18.6 Å². The van der Waals surface area contributed by atoms with Gasteiger partial charge in [-0.3, -0.25) is 0 Å². The van der Waals surface area contributed by atoms with Gasteiger partial charge in [0.2, 0.25) is 0 Å². The van der Waals surface area contributed by atoms with Crippen molar-refractivity contribution in [2.45, 2.75) is 19.8 Å². The molecule has 1 heterocycles. The first-order valence-corrected chi connectivity index (χ1v) is 7.65. The number of rotatable bonds is 4. The molecule has 100 valence electrons. The molecule has 0 atom stereocenters. The van der Waals surface area contributed by atoms with Crippen molar-refractivity contribution in [1.29, 1.82) is 0 Å². The van der Waals surface area contributed by atoms with Gasteiger partial charge in [0.1, 0.15) is 5.75 Å². The van der Waals surface area contributed by atoms with Crippen LogP contribution in [0.2, 0.25) is 0 Å². The summed E-state index contributed by atoms with van der Waals surface area (Å²) in [5, 5.41) is 0. The zero-order chi connectivity index (χ0) is 13.0. The molecule has 2 rings (SSSR count). The summed E-state index contributed by atoms with van der Waals surface area (Å²) in [5.41, 5.74) is 1.38. The average Bonchev–Trinajstić information content (AvgIpc) is 2.39. The first-order valence-electron chi connectivity index (χ1n) is 6.23. The standard InChI is InChI=1S/C14H19BrO2S/c1-11-2-3-13(12(15)8-11)17-9-14(10-18)4-6-16-7-5-14/h2-3,8,18H,4-7,9-10H2,1H3. The molecule has 1 aromatic carbocycles. The van der Waals surface area contributed by atoms with Gasteiger partial charge in [-0.1, -0.05) is 6.07 Å². The molecule has 0 saturated carbocycles. The van der Waals surface area contributed by atoms with Crippen molar-refractivity contribution in [2.24, 2.45) is 5.41 Å². The number of halogens is 1. The van der Waals surface area contributed by atoms with E-state index in [0.29, 0.717) is 6.61 Å². The van der Waals surface area contributed by atoms with Crippen LogP contribution in [0.5, 0.6) is 5.75 Å². The van der Waals surface area contributed by atoms with Gasteiger partial charge in [-0.25, -0.2) is 0 Å². The van der Waals surface area contributed by atoms with E-state index in [0.717, 1.165) is 42.0 Å². The van der Waals surface area contributed by atoms with Crippen molar-refractivity contribution in [3.8, 4) is 5.75 Å². The van der Waals surface area contributed by atoms with Gasteiger partial charge in [-0.05, 0) is 59.1 Å². The number of thiol groups is 1. The summed E-state index contributed by atoms with van der Waals surface area (Å²) in [6.45, 7) is 4.42. The maximum atomic E-state index is 5.97. The smallest absolute Gasteiger partial charge is 0.133 e. The van der Waals surface area contributed by atoms with Crippen LogP contribution in [0.25, 0.3) is 0 Å². The number of ether oxygens (including phenoxy) is 2. The normalized spacial score (nSPS) is 18.6. The van der Waals surface area contributed by atoms with E-state index in [4.69, 9.17) is 9.47 Å². The molecule has 1 fully saturated rings. The van der Waals surface area contributed by atoms with Crippen LogP contribution in [0.15, 0.2) is 22.7 Å². The summed E-state index contributed by atoms with van der Waals surface area (Å²) >= 11 is 8.03. The topological polar surface area (TPSA) is 18.5 Å². The Balaban J connectivity index is 2.01. The fourth-order valence-electron chi connectivity index (χ4n) is 2.11. The van der Waals surface area contributed by atoms with Gasteiger partial charge in [0.25, 0.3) is 0 Å². The minimum absolute atomic E-state index is 0.158. The molecule has 1 aliphatic heterocycles. The van der Waals surface area contributed by atoms with E-state index in [-0.39, 0.29) is 5.41 Å². The Morgan fingerprint density at radius 3 is 2.72 bits per heavy atom. The van der Waals surface area contributed by atoms with Crippen LogP contribution in [0.3, 0.4) is 0 Å². The van der Waals surface area contributed by atoms with Crippen LogP contribution < -0.4 is 4.74 Å². The van der Waals surface area contributed by atoms with Gasteiger partial charge in [-0.2, -0.15) is 12.6 Å². The van der Waals surface area contributed by atoms with Gasteiger partial charge < -0.3 is 9.47 Å². The Morgan fingerprint density at radius 2 is 2.11 bits per heavy atom. The average molecular weight is 331 g/mol. The highest BCUT2D eigenvalue weighted by Crippen LogP contribution is 2.34. The molecule has 18 heavy (non-hydrogen) atoms. The second-order valence-electron chi connectivity index (χ2n) is 4.99. The number of hydrogen-bond acceptors (Lipinski definition) is 3. The fourth-order valence-corrected chi connectivity index (χ4v) is 3.12. The van der Waals surface area contributed by atoms with Gasteiger partial charge in [0.05, 0.1) is 11.1 Å². The molecule has 0 aromatic heterocycles. The summed E-state index contributed by atoms with van der Waals surface area (Å²) in [6.07, 6.45) is 2.06. The summed E-state index contributed by atoms with van der Waals surface area (Å²) in [7, 11) is 0. The highest BCUT2D eigenvalue weighted by molar-refractivity contribution is 9.10. The SMILES string of the molecule is Cc1ccc(OCC2(CS)CCOCC2)c(Br)c1. The van der Waals surface area contributed by atoms with Crippen molar-refractivity contribution in [1.82, 2.24) is 0 Å². The van der Waals surface area contributed by atoms with Crippen molar-refractivity contribution in [2.75, 3.05) is 25.6 Å². The zero-order valence-corrected chi connectivity index (χ0v) is 13.1. The predicted molar refractivity (Wildman–Crippen MR) is 80.7 cm³/mol. The molecule has 0 N–H and O–H groups in total. The van der Waals surface area contributed by atoms with E-state index in [1.165, 1.54) is 5.56 Å². The summed E-state index contributed by atoms with van der Waals surface area (Å²) in [5.74, 6) is 1.76. The van der Waals surface area contributed by atoms with Gasteiger partial charge in [0.15, 0.2) is 0 Å². The highest BCUT2D eigenvalue weighted by Gasteiger charge is 2.32. The second kappa shape index (κ2) is 6.31. The van der Waals surface area contributed by atoms with E-state index >= 15 is 0 Å². The molecule has 0 amide bonds. The van der Waals surface area contributed by atoms with Crippen LogP contribution in [0.1, 0.15) is 18.4 Å². The molecule has 1 saturated heterocycles. The first-order chi connectivity index (χ1) is 8.65. The molecule has 0 bridgehead atoms. The molecular weight excluding hydrogens is 312 g/mol. The van der Waals surface area contributed by atoms with E-state index in [1.54, 1.807) is 0 Å². The van der Waals surface area contributed by atoms with E-state index in [2.05, 4.69) is 47.6 Å². The van der Waals surface area contributed by atoms with Crippen LogP contribution in [0.4, 0.5) is 0 Å². The quantitative estimate of drug-likeness (QED) is 0.845. The van der Waals surface area contributed by atoms with E-state index < -0.39 is 0 Å². The minimum atomic E-state index is 0.158. The van der Waals surface area contributed by atoms with Gasteiger partial charge >= 0.3 is 0 Å². The van der Waals surface area contributed by atoms with E-state index in [9.17, 15) is 0 Å². The minimum Gasteiger partial charge on any atom is -0.492 e. The van der Waals surface area contributed by atoms with Crippen LogP contribution in [-0.4, -0.2) is 25.6 Å². The molecule has 0 unspecified atom stereocenters. The second-order valence-corrected chi connectivity index (χ2v) is 6.16. The van der Waals surface area contributed by atoms with Crippen molar-refractivity contribution >= 4 is 28.6 Å². The number of aryl methyl sites for hydroxylation is 1.